The largest absolute Gasteiger partial charge is 0.341 e. The Bertz CT molecular complexity index is 926. The molecule has 1 aliphatic rings. The molecular formula is C19H18F2N6. The number of benzene rings is 2. The third-order valence-electron chi connectivity index (χ3n) is 4.19. The van der Waals surface area contributed by atoms with Crippen LogP contribution in [0.5, 0.6) is 0 Å². The number of halogens is 2. The minimum atomic E-state index is -0.349. The fraction of sp³-hybridized carbons (Fsp3) is 0.211. The Morgan fingerprint density at radius 3 is 2.07 bits per heavy atom. The Morgan fingerprint density at radius 1 is 0.741 bits per heavy atom. The molecular weight excluding hydrogens is 350 g/mol. The van der Waals surface area contributed by atoms with Gasteiger partial charge in [0, 0.05) is 24.5 Å². The molecule has 0 radical (unpaired) electrons. The summed E-state index contributed by atoms with van der Waals surface area (Å²) >= 11 is 0. The summed E-state index contributed by atoms with van der Waals surface area (Å²) in [5, 5.41) is 6.08. The molecule has 1 aromatic heterocycles. The molecule has 0 bridgehead atoms. The molecule has 4 rings (SSSR count). The van der Waals surface area contributed by atoms with Crippen molar-refractivity contribution < 1.29 is 8.78 Å². The van der Waals surface area contributed by atoms with Crippen molar-refractivity contribution in [1.29, 1.82) is 0 Å². The maximum Gasteiger partial charge on any atom is 0.233 e. The number of nitrogens with one attached hydrogen (secondary N) is 2. The van der Waals surface area contributed by atoms with E-state index in [1.165, 1.54) is 24.3 Å². The first-order valence-electron chi connectivity index (χ1n) is 8.72. The van der Waals surface area contributed by atoms with Crippen LogP contribution in [0.15, 0.2) is 48.5 Å². The molecule has 0 atom stereocenters. The number of aromatic nitrogens is 3. The lowest BCUT2D eigenvalue weighted by Crippen LogP contribution is -2.21. The summed E-state index contributed by atoms with van der Waals surface area (Å²) in [4.78, 5) is 15.4. The molecule has 0 aliphatic carbocycles. The zero-order chi connectivity index (χ0) is 18.6. The van der Waals surface area contributed by atoms with Crippen LogP contribution in [0.1, 0.15) is 12.8 Å². The molecule has 3 aromatic rings. The van der Waals surface area contributed by atoms with Crippen molar-refractivity contribution in [1.82, 2.24) is 15.0 Å². The molecule has 1 aliphatic heterocycles. The fourth-order valence-electron chi connectivity index (χ4n) is 2.89. The minimum Gasteiger partial charge on any atom is -0.341 e. The van der Waals surface area contributed by atoms with Crippen molar-refractivity contribution in [2.24, 2.45) is 0 Å². The monoisotopic (exact) mass is 368 g/mol. The lowest BCUT2D eigenvalue weighted by molar-refractivity contribution is 0.627. The first kappa shape index (κ1) is 17.1. The molecule has 2 aromatic carbocycles. The summed E-state index contributed by atoms with van der Waals surface area (Å²) < 4.78 is 26.6. The van der Waals surface area contributed by atoms with E-state index >= 15 is 0 Å². The summed E-state index contributed by atoms with van der Waals surface area (Å²) in [5.74, 6) is 0.520. The smallest absolute Gasteiger partial charge is 0.233 e. The van der Waals surface area contributed by atoms with E-state index in [4.69, 9.17) is 0 Å². The number of rotatable bonds is 5. The van der Waals surface area contributed by atoms with Crippen molar-refractivity contribution in [2.45, 2.75) is 12.8 Å². The first-order chi connectivity index (χ1) is 13.2. The van der Waals surface area contributed by atoms with E-state index in [1.807, 2.05) is 0 Å². The lowest BCUT2D eigenvalue weighted by Gasteiger charge is -2.17. The molecule has 0 spiro atoms. The predicted molar refractivity (Wildman–Crippen MR) is 101 cm³/mol. The molecule has 0 unspecified atom stereocenters. The lowest BCUT2D eigenvalue weighted by atomic mass is 10.3. The van der Waals surface area contributed by atoms with Gasteiger partial charge in [0.15, 0.2) is 0 Å². The fourth-order valence-corrected chi connectivity index (χ4v) is 2.89. The van der Waals surface area contributed by atoms with Crippen molar-refractivity contribution in [3.63, 3.8) is 0 Å². The average molecular weight is 368 g/mol. The van der Waals surface area contributed by atoms with Crippen LogP contribution in [0, 0.1) is 11.6 Å². The quantitative estimate of drug-likeness (QED) is 0.702. The number of anilines is 5. The van der Waals surface area contributed by atoms with E-state index < -0.39 is 0 Å². The van der Waals surface area contributed by atoms with Gasteiger partial charge >= 0.3 is 0 Å². The van der Waals surface area contributed by atoms with E-state index in [0.717, 1.165) is 25.9 Å². The SMILES string of the molecule is Fc1ccc(Nc2nc(Nc3cccc(F)c3)nc(N3CCCC3)n2)cc1. The van der Waals surface area contributed by atoms with E-state index in [-0.39, 0.29) is 11.6 Å². The summed E-state index contributed by atoms with van der Waals surface area (Å²) in [7, 11) is 0. The van der Waals surface area contributed by atoms with Crippen molar-refractivity contribution in [2.75, 3.05) is 28.6 Å². The van der Waals surface area contributed by atoms with Gasteiger partial charge in [-0.2, -0.15) is 15.0 Å². The van der Waals surface area contributed by atoms with Gasteiger partial charge in [-0.05, 0) is 55.3 Å². The normalized spacial score (nSPS) is 13.6. The third kappa shape index (κ3) is 4.28. The van der Waals surface area contributed by atoms with Gasteiger partial charge < -0.3 is 15.5 Å². The second-order valence-electron chi connectivity index (χ2n) is 6.24. The van der Waals surface area contributed by atoms with E-state index in [9.17, 15) is 8.78 Å². The molecule has 0 amide bonds. The molecule has 1 saturated heterocycles. The van der Waals surface area contributed by atoms with Crippen LogP contribution in [0.3, 0.4) is 0 Å². The molecule has 2 N–H and O–H groups in total. The molecule has 1 fully saturated rings. The van der Waals surface area contributed by atoms with Crippen LogP contribution in [0.25, 0.3) is 0 Å². The highest BCUT2D eigenvalue weighted by atomic mass is 19.1. The maximum atomic E-state index is 13.4. The Labute approximate surface area is 155 Å². The van der Waals surface area contributed by atoms with Gasteiger partial charge in [-0.25, -0.2) is 8.78 Å². The molecule has 138 valence electrons. The second kappa shape index (κ2) is 7.53. The summed E-state index contributed by atoms with van der Waals surface area (Å²) in [5.41, 5.74) is 1.20. The summed E-state index contributed by atoms with van der Waals surface area (Å²) in [6.07, 6.45) is 2.16. The maximum absolute atomic E-state index is 13.4. The zero-order valence-electron chi connectivity index (χ0n) is 14.5. The van der Waals surface area contributed by atoms with Gasteiger partial charge in [0.2, 0.25) is 17.8 Å². The summed E-state index contributed by atoms with van der Waals surface area (Å²) in [6, 6.07) is 12.0. The van der Waals surface area contributed by atoms with Gasteiger partial charge in [-0.1, -0.05) is 6.07 Å². The molecule has 0 saturated carbocycles. The number of hydrogen-bond donors (Lipinski definition) is 2. The Morgan fingerprint density at radius 2 is 1.41 bits per heavy atom. The number of hydrogen-bond acceptors (Lipinski definition) is 6. The van der Waals surface area contributed by atoms with Crippen LogP contribution >= 0.6 is 0 Å². The highest BCUT2D eigenvalue weighted by molar-refractivity contribution is 5.59. The molecule has 6 nitrogen and oxygen atoms in total. The highest BCUT2D eigenvalue weighted by Gasteiger charge is 2.17. The van der Waals surface area contributed by atoms with Gasteiger partial charge in [-0.15, -0.1) is 0 Å². The van der Waals surface area contributed by atoms with Crippen molar-refractivity contribution in [3.8, 4) is 0 Å². The Kier molecular flexibility index (Phi) is 4.78. The van der Waals surface area contributed by atoms with E-state index in [1.54, 1.807) is 24.3 Å². The van der Waals surface area contributed by atoms with Gasteiger partial charge in [-0.3, -0.25) is 0 Å². The topological polar surface area (TPSA) is 66.0 Å². The third-order valence-corrected chi connectivity index (χ3v) is 4.19. The van der Waals surface area contributed by atoms with Crippen LogP contribution in [0.4, 0.5) is 38.0 Å². The van der Waals surface area contributed by atoms with E-state index in [2.05, 4.69) is 30.5 Å². The highest BCUT2D eigenvalue weighted by Crippen LogP contribution is 2.23. The predicted octanol–water partition coefficient (Wildman–Crippen LogP) is 4.24. The van der Waals surface area contributed by atoms with Crippen molar-refractivity contribution in [3.05, 3.63) is 60.2 Å². The van der Waals surface area contributed by atoms with E-state index in [0.29, 0.717) is 29.2 Å². The molecule has 27 heavy (non-hydrogen) atoms. The van der Waals surface area contributed by atoms with Crippen LogP contribution in [-0.4, -0.2) is 28.0 Å². The standard InChI is InChI=1S/C19H18F2N6/c20-13-6-8-15(9-7-13)22-17-24-18(23-16-5-3-4-14(21)12-16)26-19(25-17)27-10-1-2-11-27/h3-9,12H,1-2,10-11H2,(H2,22,23,24,25,26). The van der Waals surface area contributed by atoms with Crippen LogP contribution in [-0.2, 0) is 0 Å². The minimum absolute atomic E-state index is 0.308. The van der Waals surface area contributed by atoms with Crippen LogP contribution < -0.4 is 15.5 Å². The Balaban J connectivity index is 1.64. The Hall–Kier alpha value is -3.29. The average Bonchev–Trinajstić information content (AvgIpc) is 3.18. The number of nitrogens with zero attached hydrogens (tertiary/aromatic N) is 4. The molecule has 8 heteroatoms. The summed E-state index contributed by atoms with van der Waals surface area (Å²) in [6.45, 7) is 1.75. The second-order valence-corrected chi connectivity index (χ2v) is 6.24. The van der Waals surface area contributed by atoms with Gasteiger partial charge in [0.1, 0.15) is 11.6 Å². The molecule has 2 heterocycles. The first-order valence-corrected chi connectivity index (χ1v) is 8.72. The van der Waals surface area contributed by atoms with Crippen LogP contribution in [0.2, 0.25) is 0 Å². The zero-order valence-corrected chi connectivity index (χ0v) is 14.5. The van der Waals surface area contributed by atoms with Gasteiger partial charge in [0.05, 0.1) is 0 Å². The van der Waals surface area contributed by atoms with Gasteiger partial charge in [0.25, 0.3) is 0 Å². The van der Waals surface area contributed by atoms with Crippen molar-refractivity contribution >= 4 is 29.2 Å².